The predicted octanol–water partition coefficient (Wildman–Crippen LogP) is 2.24. The maximum Gasteiger partial charge on any atom is 0.234 e. The Bertz CT molecular complexity index is 418. The van der Waals surface area contributed by atoms with Crippen LogP contribution in [0.1, 0.15) is 38.4 Å². The van der Waals surface area contributed by atoms with Gasteiger partial charge in [0, 0.05) is 12.1 Å². The first-order valence-corrected chi connectivity index (χ1v) is 6.18. The number of carbonyl (C=O) groups excluding carboxylic acids is 1. The van der Waals surface area contributed by atoms with Gasteiger partial charge in [0.2, 0.25) is 11.8 Å². The van der Waals surface area contributed by atoms with E-state index < -0.39 is 0 Å². The normalized spacial score (nSPS) is 13.4. The number of amides is 1. The molecule has 5 nitrogen and oxygen atoms in total. The fourth-order valence-corrected chi connectivity index (χ4v) is 1.77. The fraction of sp³-hybridized carbons (Fsp3) is 0.692. The van der Waals surface area contributed by atoms with Crippen LogP contribution in [-0.2, 0) is 4.79 Å². The van der Waals surface area contributed by atoms with Crippen LogP contribution >= 0.6 is 0 Å². The Balaban J connectivity index is 2.71. The molecule has 1 heterocycles. The van der Waals surface area contributed by atoms with Crippen molar-refractivity contribution in [3.05, 3.63) is 11.3 Å². The van der Waals surface area contributed by atoms with Crippen molar-refractivity contribution in [1.82, 2.24) is 5.16 Å². The van der Waals surface area contributed by atoms with Gasteiger partial charge in [-0.05, 0) is 25.7 Å². The number of anilines is 1. The van der Waals surface area contributed by atoms with Gasteiger partial charge in [-0.15, -0.1) is 0 Å². The van der Waals surface area contributed by atoms with Gasteiger partial charge in [0.15, 0.2) is 0 Å². The number of nitrogens with one attached hydrogen (secondary N) is 1. The van der Waals surface area contributed by atoms with E-state index in [1.54, 1.807) is 0 Å². The molecule has 0 aliphatic rings. The van der Waals surface area contributed by atoms with Gasteiger partial charge in [-0.3, -0.25) is 10.1 Å². The minimum atomic E-state index is -0.213. The maximum atomic E-state index is 12.1. The van der Waals surface area contributed by atoms with E-state index in [1.165, 1.54) is 0 Å². The third-order valence-corrected chi connectivity index (χ3v) is 2.91. The van der Waals surface area contributed by atoms with Crippen LogP contribution < -0.4 is 11.1 Å². The SMILES string of the molecule is Cc1noc(NC(=O)C(CN)CC(C)(C)C)c1C. The molecular formula is C13H23N3O2. The summed E-state index contributed by atoms with van der Waals surface area (Å²) in [5.41, 5.74) is 7.37. The molecule has 1 atom stereocenters. The first-order valence-electron chi connectivity index (χ1n) is 6.18. The average Bonchev–Trinajstić information content (AvgIpc) is 2.56. The molecule has 1 rings (SSSR count). The molecule has 1 amide bonds. The summed E-state index contributed by atoms with van der Waals surface area (Å²) in [4.78, 5) is 12.1. The number of carbonyl (C=O) groups is 1. The van der Waals surface area contributed by atoms with E-state index >= 15 is 0 Å². The molecular weight excluding hydrogens is 230 g/mol. The van der Waals surface area contributed by atoms with Gasteiger partial charge >= 0.3 is 0 Å². The van der Waals surface area contributed by atoms with Crippen molar-refractivity contribution in [1.29, 1.82) is 0 Å². The molecule has 102 valence electrons. The Labute approximate surface area is 108 Å². The van der Waals surface area contributed by atoms with E-state index in [0.29, 0.717) is 12.4 Å². The van der Waals surface area contributed by atoms with Gasteiger partial charge in [-0.1, -0.05) is 25.9 Å². The summed E-state index contributed by atoms with van der Waals surface area (Å²) in [6.07, 6.45) is 0.738. The number of aromatic nitrogens is 1. The molecule has 1 aromatic rings. The van der Waals surface area contributed by atoms with E-state index in [2.05, 4.69) is 31.2 Å². The number of hydrogen-bond donors (Lipinski definition) is 2. The summed E-state index contributed by atoms with van der Waals surface area (Å²) >= 11 is 0. The third kappa shape index (κ3) is 3.84. The molecule has 0 spiro atoms. The molecule has 18 heavy (non-hydrogen) atoms. The lowest BCUT2D eigenvalue weighted by Crippen LogP contribution is -2.32. The highest BCUT2D eigenvalue weighted by Crippen LogP contribution is 2.25. The van der Waals surface area contributed by atoms with Gasteiger partial charge in [0.25, 0.3) is 0 Å². The number of nitrogens with two attached hydrogens (primary N) is 1. The van der Waals surface area contributed by atoms with Crippen molar-refractivity contribution in [2.75, 3.05) is 11.9 Å². The Morgan fingerprint density at radius 2 is 2.06 bits per heavy atom. The molecule has 0 fully saturated rings. The summed E-state index contributed by atoms with van der Waals surface area (Å²) < 4.78 is 5.07. The summed E-state index contributed by atoms with van der Waals surface area (Å²) in [7, 11) is 0. The maximum absolute atomic E-state index is 12.1. The zero-order chi connectivity index (χ0) is 13.9. The minimum Gasteiger partial charge on any atom is -0.338 e. The van der Waals surface area contributed by atoms with Crippen molar-refractivity contribution in [3.8, 4) is 0 Å². The second kappa shape index (κ2) is 5.52. The van der Waals surface area contributed by atoms with Crippen LogP contribution in [0.3, 0.4) is 0 Å². The summed E-state index contributed by atoms with van der Waals surface area (Å²) in [5.74, 6) is 0.103. The Morgan fingerprint density at radius 1 is 1.44 bits per heavy atom. The lowest BCUT2D eigenvalue weighted by Gasteiger charge is -2.23. The van der Waals surface area contributed by atoms with Crippen LogP contribution in [0, 0.1) is 25.2 Å². The first kappa shape index (κ1) is 14.7. The molecule has 3 N–H and O–H groups in total. The van der Waals surface area contributed by atoms with E-state index in [0.717, 1.165) is 17.7 Å². The summed E-state index contributed by atoms with van der Waals surface area (Å²) in [6.45, 7) is 10.3. The molecule has 1 aromatic heterocycles. The van der Waals surface area contributed by atoms with E-state index in [-0.39, 0.29) is 17.2 Å². The van der Waals surface area contributed by atoms with Gasteiger partial charge in [-0.2, -0.15) is 0 Å². The standard InChI is InChI=1S/C13H23N3O2/c1-8-9(2)16-18-12(8)15-11(17)10(7-14)6-13(3,4)5/h10H,6-7,14H2,1-5H3,(H,15,17). The zero-order valence-electron chi connectivity index (χ0n) is 11.8. The van der Waals surface area contributed by atoms with Crippen LogP contribution in [0.25, 0.3) is 0 Å². The third-order valence-electron chi connectivity index (χ3n) is 2.91. The Hall–Kier alpha value is -1.36. The molecule has 0 aliphatic heterocycles. The molecule has 0 saturated heterocycles. The van der Waals surface area contributed by atoms with Gasteiger partial charge < -0.3 is 10.3 Å². The molecule has 0 aliphatic carbocycles. The van der Waals surface area contributed by atoms with Crippen molar-refractivity contribution >= 4 is 11.8 Å². The van der Waals surface area contributed by atoms with Gasteiger partial charge in [-0.25, -0.2) is 0 Å². The van der Waals surface area contributed by atoms with Gasteiger partial charge in [0.1, 0.15) is 0 Å². The molecule has 0 saturated carbocycles. The number of rotatable bonds is 4. The predicted molar refractivity (Wildman–Crippen MR) is 71.2 cm³/mol. The molecule has 5 heteroatoms. The molecule has 0 aromatic carbocycles. The van der Waals surface area contributed by atoms with Crippen LogP contribution in [-0.4, -0.2) is 17.6 Å². The number of nitrogens with zero attached hydrogens (tertiary/aromatic N) is 1. The van der Waals surface area contributed by atoms with E-state index in [4.69, 9.17) is 10.3 Å². The highest BCUT2D eigenvalue weighted by molar-refractivity contribution is 5.92. The number of aryl methyl sites for hydroxylation is 1. The van der Waals surface area contributed by atoms with Gasteiger partial charge in [0.05, 0.1) is 11.6 Å². The molecule has 1 unspecified atom stereocenters. The molecule has 0 radical (unpaired) electrons. The van der Waals surface area contributed by atoms with Crippen molar-refractivity contribution < 1.29 is 9.32 Å². The summed E-state index contributed by atoms with van der Waals surface area (Å²) in [6, 6.07) is 0. The van der Waals surface area contributed by atoms with Crippen LogP contribution in [0.15, 0.2) is 4.52 Å². The largest absolute Gasteiger partial charge is 0.338 e. The van der Waals surface area contributed by atoms with Crippen LogP contribution in [0.2, 0.25) is 0 Å². The van der Waals surface area contributed by atoms with Crippen molar-refractivity contribution in [3.63, 3.8) is 0 Å². The quantitative estimate of drug-likeness (QED) is 0.862. The van der Waals surface area contributed by atoms with Crippen LogP contribution in [0.5, 0.6) is 0 Å². The second-order valence-corrected chi connectivity index (χ2v) is 5.91. The zero-order valence-corrected chi connectivity index (χ0v) is 11.8. The Kier molecular flexibility index (Phi) is 4.51. The molecule has 0 bridgehead atoms. The highest BCUT2D eigenvalue weighted by atomic mass is 16.5. The Morgan fingerprint density at radius 3 is 2.44 bits per heavy atom. The number of hydrogen-bond acceptors (Lipinski definition) is 4. The monoisotopic (exact) mass is 253 g/mol. The lowest BCUT2D eigenvalue weighted by atomic mass is 9.84. The first-order chi connectivity index (χ1) is 8.24. The smallest absolute Gasteiger partial charge is 0.234 e. The van der Waals surface area contributed by atoms with Crippen molar-refractivity contribution in [2.45, 2.75) is 41.0 Å². The highest BCUT2D eigenvalue weighted by Gasteiger charge is 2.25. The van der Waals surface area contributed by atoms with E-state index in [9.17, 15) is 4.79 Å². The topological polar surface area (TPSA) is 81.2 Å². The average molecular weight is 253 g/mol. The lowest BCUT2D eigenvalue weighted by molar-refractivity contribution is -0.120. The minimum absolute atomic E-state index is 0.0632. The van der Waals surface area contributed by atoms with E-state index in [1.807, 2.05) is 13.8 Å². The van der Waals surface area contributed by atoms with Crippen LogP contribution in [0.4, 0.5) is 5.88 Å². The fourth-order valence-electron chi connectivity index (χ4n) is 1.77. The van der Waals surface area contributed by atoms with Crippen molar-refractivity contribution in [2.24, 2.45) is 17.1 Å². The second-order valence-electron chi connectivity index (χ2n) is 5.91. The summed E-state index contributed by atoms with van der Waals surface area (Å²) in [5, 5.41) is 6.56.